The van der Waals surface area contributed by atoms with Crippen molar-refractivity contribution >= 4 is 31.6 Å². The maximum absolute atomic E-state index is 14.1. The van der Waals surface area contributed by atoms with Crippen molar-refractivity contribution in [3.63, 3.8) is 0 Å². The molecule has 0 spiro atoms. The Kier molecular flexibility index (Phi) is 5.43. The van der Waals surface area contributed by atoms with Crippen LogP contribution in [-0.2, 0) is 10.0 Å². The first-order valence-electron chi connectivity index (χ1n) is 7.79. The van der Waals surface area contributed by atoms with Crippen molar-refractivity contribution in [2.24, 2.45) is 5.92 Å². The van der Waals surface area contributed by atoms with E-state index in [4.69, 9.17) is 0 Å². The van der Waals surface area contributed by atoms with Gasteiger partial charge in [0.1, 0.15) is 10.7 Å². The molecule has 130 valence electrons. The number of benzene rings is 1. The monoisotopic (exact) mass is 406 g/mol. The lowest BCUT2D eigenvalue weighted by atomic mass is 10.0. The molecule has 0 bridgehead atoms. The average Bonchev–Trinajstić information content (AvgIpc) is 2.50. The first-order valence-corrected chi connectivity index (χ1v) is 10.0. The lowest BCUT2D eigenvalue weighted by molar-refractivity contribution is 0.319. The standard InChI is InChI=1S/C16H24BrFN2O2S/c1-10(2)6-12-9-20(11(3)4)15-8-14(18)13(17)7-16(15)23(21,22)19(12)5/h7-8,10-12H,6,9H2,1-5H3/t12-/m1/s1. The van der Waals surface area contributed by atoms with Crippen LogP contribution in [0.2, 0.25) is 0 Å². The van der Waals surface area contributed by atoms with Crippen LogP contribution in [0.5, 0.6) is 0 Å². The van der Waals surface area contributed by atoms with E-state index >= 15 is 0 Å². The highest BCUT2D eigenvalue weighted by molar-refractivity contribution is 9.10. The maximum atomic E-state index is 14.1. The van der Waals surface area contributed by atoms with Crippen LogP contribution in [0.4, 0.5) is 10.1 Å². The fourth-order valence-corrected chi connectivity index (χ4v) is 5.05. The van der Waals surface area contributed by atoms with E-state index in [1.807, 2.05) is 18.7 Å². The third kappa shape index (κ3) is 3.56. The van der Waals surface area contributed by atoms with Crippen molar-refractivity contribution in [2.75, 3.05) is 18.5 Å². The quantitative estimate of drug-likeness (QED) is 0.764. The van der Waals surface area contributed by atoms with Gasteiger partial charge in [-0.25, -0.2) is 12.8 Å². The minimum Gasteiger partial charge on any atom is -0.366 e. The number of hydrogen-bond donors (Lipinski definition) is 0. The van der Waals surface area contributed by atoms with Gasteiger partial charge in [0.05, 0.1) is 10.2 Å². The van der Waals surface area contributed by atoms with E-state index in [0.717, 1.165) is 6.42 Å². The summed E-state index contributed by atoms with van der Waals surface area (Å²) in [5.41, 5.74) is 0.443. The Labute approximate surface area is 146 Å². The summed E-state index contributed by atoms with van der Waals surface area (Å²) < 4.78 is 41.7. The molecule has 0 radical (unpaired) electrons. The average molecular weight is 407 g/mol. The Morgan fingerprint density at radius 2 is 1.91 bits per heavy atom. The van der Waals surface area contributed by atoms with Gasteiger partial charge < -0.3 is 4.90 Å². The van der Waals surface area contributed by atoms with Crippen LogP contribution >= 0.6 is 15.9 Å². The lowest BCUT2D eigenvalue weighted by Gasteiger charge is -2.33. The predicted molar refractivity (Wildman–Crippen MR) is 94.8 cm³/mol. The summed E-state index contributed by atoms with van der Waals surface area (Å²) in [6.07, 6.45) is 0.761. The predicted octanol–water partition coefficient (Wildman–Crippen LogP) is 3.85. The summed E-state index contributed by atoms with van der Waals surface area (Å²) in [5, 5.41) is 0. The summed E-state index contributed by atoms with van der Waals surface area (Å²) in [5.74, 6) is -0.0779. The highest BCUT2D eigenvalue weighted by Gasteiger charge is 2.37. The Morgan fingerprint density at radius 1 is 1.30 bits per heavy atom. The second kappa shape index (κ2) is 6.69. The highest BCUT2D eigenvalue weighted by atomic mass is 79.9. The van der Waals surface area contributed by atoms with Crippen molar-refractivity contribution in [3.8, 4) is 0 Å². The normalized spacial score (nSPS) is 21.6. The van der Waals surface area contributed by atoms with E-state index in [1.54, 1.807) is 7.05 Å². The summed E-state index contributed by atoms with van der Waals surface area (Å²) in [6, 6.07) is 2.63. The zero-order chi connectivity index (χ0) is 17.5. The zero-order valence-electron chi connectivity index (χ0n) is 14.2. The maximum Gasteiger partial charge on any atom is 0.245 e. The Hall–Kier alpha value is -0.660. The van der Waals surface area contributed by atoms with Crippen LogP contribution in [-0.4, -0.2) is 38.4 Å². The van der Waals surface area contributed by atoms with Crippen molar-refractivity contribution in [2.45, 2.75) is 51.1 Å². The Balaban J connectivity index is 2.67. The van der Waals surface area contributed by atoms with Crippen LogP contribution < -0.4 is 4.90 Å². The number of anilines is 1. The largest absolute Gasteiger partial charge is 0.366 e. The molecule has 0 aliphatic carbocycles. The summed E-state index contributed by atoms with van der Waals surface area (Å²) in [4.78, 5) is 2.15. The molecule has 1 aliphatic heterocycles. The van der Waals surface area contributed by atoms with Crippen molar-refractivity contribution in [1.29, 1.82) is 0 Å². The molecule has 7 heteroatoms. The molecule has 0 saturated carbocycles. The van der Waals surface area contributed by atoms with Crippen LogP contribution in [0.15, 0.2) is 21.5 Å². The Bertz CT molecular complexity index is 692. The van der Waals surface area contributed by atoms with E-state index < -0.39 is 15.8 Å². The molecule has 4 nitrogen and oxygen atoms in total. The molecule has 0 saturated heterocycles. The van der Waals surface area contributed by atoms with Gasteiger partial charge in [0.2, 0.25) is 10.0 Å². The van der Waals surface area contributed by atoms with Crippen molar-refractivity contribution in [3.05, 3.63) is 22.4 Å². The molecule has 1 aliphatic rings. The molecule has 0 aromatic heterocycles. The zero-order valence-corrected chi connectivity index (χ0v) is 16.6. The molecule has 1 atom stereocenters. The molecule has 2 rings (SSSR count). The number of hydrogen-bond acceptors (Lipinski definition) is 3. The molecule has 1 heterocycles. The van der Waals surface area contributed by atoms with Gasteiger partial charge in [0.15, 0.2) is 0 Å². The molecular formula is C16H24BrFN2O2S. The minimum atomic E-state index is -3.66. The van der Waals surface area contributed by atoms with Gasteiger partial charge in [-0.05, 0) is 54.2 Å². The third-order valence-electron chi connectivity index (χ3n) is 4.26. The van der Waals surface area contributed by atoms with Crippen LogP contribution in [0.1, 0.15) is 34.1 Å². The third-order valence-corrected chi connectivity index (χ3v) is 6.80. The van der Waals surface area contributed by atoms with Gasteiger partial charge in [-0.2, -0.15) is 4.31 Å². The van der Waals surface area contributed by atoms with E-state index in [0.29, 0.717) is 18.2 Å². The molecule has 0 N–H and O–H groups in total. The second-order valence-corrected chi connectivity index (χ2v) is 9.61. The first-order chi connectivity index (χ1) is 10.6. The van der Waals surface area contributed by atoms with Crippen LogP contribution in [0.3, 0.4) is 0 Å². The number of fused-ring (bicyclic) bond motifs is 1. The molecular weight excluding hydrogens is 383 g/mol. The van der Waals surface area contributed by atoms with Gasteiger partial charge in [-0.3, -0.25) is 0 Å². The SMILES string of the molecule is CC(C)C[C@@H]1CN(C(C)C)c2cc(F)c(Br)cc2S(=O)(=O)N1C. The van der Waals surface area contributed by atoms with Crippen molar-refractivity contribution in [1.82, 2.24) is 4.31 Å². The van der Waals surface area contributed by atoms with Crippen molar-refractivity contribution < 1.29 is 12.8 Å². The van der Waals surface area contributed by atoms with E-state index in [1.165, 1.54) is 16.4 Å². The molecule has 0 unspecified atom stereocenters. The lowest BCUT2D eigenvalue weighted by Crippen LogP contribution is -2.44. The van der Waals surface area contributed by atoms with Gasteiger partial charge in [-0.1, -0.05) is 13.8 Å². The number of nitrogens with zero attached hydrogens (tertiary/aromatic N) is 2. The summed E-state index contributed by atoms with van der Waals surface area (Å²) in [6.45, 7) is 8.70. The molecule has 1 aromatic rings. The van der Waals surface area contributed by atoms with Gasteiger partial charge in [-0.15, -0.1) is 0 Å². The van der Waals surface area contributed by atoms with E-state index in [-0.39, 0.29) is 21.5 Å². The fourth-order valence-electron chi connectivity index (χ4n) is 3.00. The Morgan fingerprint density at radius 3 is 2.43 bits per heavy atom. The highest BCUT2D eigenvalue weighted by Crippen LogP contribution is 2.37. The van der Waals surface area contributed by atoms with Gasteiger partial charge >= 0.3 is 0 Å². The molecule has 0 fully saturated rings. The molecule has 1 aromatic carbocycles. The fraction of sp³-hybridized carbons (Fsp3) is 0.625. The van der Waals surface area contributed by atoms with E-state index in [2.05, 4.69) is 29.8 Å². The smallest absolute Gasteiger partial charge is 0.245 e. The number of rotatable bonds is 3. The van der Waals surface area contributed by atoms with Crippen LogP contribution in [0, 0.1) is 11.7 Å². The second-order valence-electron chi connectivity index (χ2n) is 6.78. The molecule has 0 amide bonds. The number of likely N-dealkylation sites (N-methyl/N-ethyl adjacent to an activating group) is 1. The number of halogens is 2. The minimum absolute atomic E-state index is 0.0747. The summed E-state index contributed by atoms with van der Waals surface area (Å²) in [7, 11) is -2.04. The summed E-state index contributed by atoms with van der Waals surface area (Å²) >= 11 is 3.11. The number of sulfonamides is 1. The molecule has 23 heavy (non-hydrogen) atoms. The first kappa shape index (κ1) is 18.7. The van der Waals surface area contributed by atoms with Gasteiger partial charge in [0, 0.05) is 25.7 Å². The topological polar surface area (TPSA) is 40.6 Å². The van der Waals surface area contributed by atoms with E-state index in [9.17, 15) is 12.8 Å². The van der Waals surface area contributed by atoms with Crippen LogP contribution in [0.25, 0.3) is 0 Å². The van der Waals surface area contributed by atoms with Gasteiger partial charge in [0.25, 0.3) is 0 Å².